The molecule has 0 fully saturated rings. The molecule has 1 aromatic heterocycles. The highest BCUT2D eigenvalue weighted by Crippen LogP contribution is 2.22. The molecule has 0 radical (unpaired) electrons. The number of hydrogen-bond acceptors (Lipinski definition) is 1. The van der Waals surface area contributed by atoms with Crippen LogP contribution in [-0.4, -0.2) is 4.98 Å². The molecule has 15 heavy (non-hydrogen) atoms. The average Bonchev–Trinajstić information content (AvgIpc) is 2.26. The topological polar surface area (TPSA) is 12.9 Å². The molecule has 0 atom stereocenters. The number of fused-ring (bicyclic) bond motifs is 1. The van der Waals surface area contributed by atoms with E-state index >= 15 is 0 Å². The van der Waals surface area contributed by atoms with Gasteiger partial charge in [-0.1, -0.05) is 12.0 Å². The smallest absolute Gasteiger partial charge is 0.0746 e. The molecule has 0 unspecified atom stereocenters. The number of benzene rings is 1. The summed E-state index contributed by atoms with van der Waals surface area (Å²) in [5.41, 5.74) is 4.63. The van der Waals surface area contributed by atoms with Gasteiger partial charge in [-0.2, -0.15) is 0 Å². The van der Waals surface area contributed by atoms with E-state index in [1.54, 1.807) is 0 Å². The van der Waals surface area contributed by atoms with Crippen molar-refractivity contribution in [2.75, 3.05) is 0 Å². The van der Waals surface area contributed by atoms with E-state index in [4.69, 9.17) is 0 Å². The summed E-state index contributed by atoms with van der Waals surface area (Å²) >= 11 is 0. The number of nitrogens with zero attached hydrogens (tertiary/aromatic N) is 1. The van der Waals surface area contributed by atoms with Gasteiger partial charge < -0.3 is 0 Å². The van der Waals surface area contributed by atoms with Crippen LogP contribution in [0, 0.1) is 25.7 Å². The normalized spacial score (nSPS) is 9.80. The van der Waals surface area contributed by atoms with Crippen LogP contribution in [0.15, 0.2) is 24.4 Å². The van der Waals surface area contributed by atoms with Gasteiger partial charge in [-0.05, 0) is 44.0 Å². The Morgan fingerprint density at radius 1 is 1.27 bits per heavy atom. The molecule has 1 heteroatoms. The van der Waals surface area contributed by atoms with Crippen molar-refractivity contribution in [3.63, 3.8) is 0 Å². The highest BCUT2D eigenvalue weighted by atomic mass is 14.6. The minimum atomic E-state index is 1.07. The molecule has 0 aliphatic heterocycles. The van der Waals surface area contributed by atoms with Crippen LogP contribution in [0.2, 0.25) is 0 Å². The van der Waals surface area contributed by atoms with Crippen molar-refractivity contribution in [3.8, 4) is 11.8 Å². The zero-order valence-corrected chi connectivity index (χ0v) is 9.26. The molecule has 74 valence electrons. The van der Waals surface area contributed by atoms with Crippen LogP contribution in [0.5, 0.6) is 0 Å². The maximum atomic E-state index is 4.42. The molecule has 2 aromatic rings. The predicted molar refractivity (Wildman–Crippen MR) is 63.8 cm³/mol. The van der Waals surface area contributed by atoms with Crippen molar-refractivity contribution in [3.05, 3.63) is 41.1 Å². The summed E-state index contributed by atoms with van der Waals surface area (Å²) in [6.07, 6.45) is 1.83. The molecule has 2 rings (SSSR count). The van der Waals surface area contributed by atoms with Crippen LogP contribution in [0.1, 0.15) is 23.6 Å². The second-order valence-corrected chi connectivity index (χ2v) is 3.64. The quantitative estimate of drug-likeness (QED) is 0.588. The Labute approximate surface area is 90.2 Å². The van der Waals surface area contributed by atoms with Gasteiger partial charge in [0.05, 0.1) is 5.52 Å². The molecule has 0 aliphatic rings. The second kappa shape index (κ2) is 3.74. The van der Waals surface area contributed by atoms with Gasteiger partial charge in [-0.25, -0.2) is 0 Å². The molecular weight excluding hydrogens is 182 g/mol. The first kappa shape index (κ1) is 9.73. The lowest BCUT2D eigenvalue weighted by molar-refractivity contribution is 1.31. The molecule has 0 spiro atoms. The Morgan fingerprint density at radius 2 is 2.07 bits per heavy atom. The van der Waals surface area contributed by atoms with Crippen molar-refractivity contribution >= 4 is 10.9 Å². The zero-order valence-electron chi connectivity index (χ0n) is 9.26. The summed E-state index contributed by atoms with van der Waals surface area (Å²) in [6.45, 7) is 6.06. The SMILES string of the molecule is CC#Cc1cc(C)c(C)c2ncccc12. The summed E-state index contributed by atoms with van der Waals surface area (Å²) in [5.74, 6) is 6.07. The Bertz CT molecular complexity index is 571. The van der Waals surface area contributed by atoms with Gasteiger partial charge in [0.15, 0.2) is 0 Å². The van der Waals surface area contributed by atoms with Crippen molar-refractivity contribution in [1.82, 2.24) is 4.98 Å². The van der Waals surface area contributed by atoms with E-state index < -0.39 is 0 Å². The van der Waals surface area contributed by atoms with Crippen LogP contribution in [0.4, 0.5) is 0 Å². The van der Waals surface area contributed by atoms with Crippen molar-refractivity contribution < 1.29 is 0 Å². The second-order valence-electron chi connectivity index (χ2n) is 3.64. The minimum absolute atomic E-state index is 1.07. The van der Waals surface area contributed by atoms with E-state index in [0.717, 1.165) is 16.5 Å². The standard InChI is InChI=1S/C14H13N/c1-4-6-12-9-10(2)11(3)14-13(12)7-5-8-15-14/h5,7-9H,1-3H3. The van der Waals surface area contributed by atoms with Crippen molar-refractivity contribution in [2.45, 2.75) is 20.8 Å². The predicted octanol–water partition coefficient (Wildman–Crippen LogP) is 3.22. The maximum Gasteiger partial charge on any atom is 0.0746 e. The van der Waals surface area contributed by atoms with E-state index in [1.165, 1.54) is 11.1 Å². The van der Waals surface area contributed by atoms with Gasteiger partial charge in [0.1, 0.15) is 0 Å². The van der Waals surface area contributed by atoms with Gasteiger partial charge in [0, 0.05) is 17.1 Å². The largest absolute Gasteiger partial charge is 0.256 e. The van der Waals surface area contributed by atoms with E-state index in [9.17, 15) is 0 Å². The fourth-order valence-corrected chi connectivity index (χ4v) is 1.75. The molecule has 1 heterocycles. The summed E-state index contributed by atoms with van der Waals surface area (Å²) in [7, 11) is 0. The zero-order chi connectivity index (χ0) is 10.8. The lowest BCUT2D eigenvalue weighted by Crippen LogP contribution is -1.90. The lowest BCUT2D eigenvalue weighted by atomic mass is 10.00. The fourth-order valence-electron chi connectivity index (χ4n) is 1.75. The van der Waals surface area contributed by atoms with Gasteiger partial charge in [0.25, 0.3) is 0 Å². The average molecular weight is 195 g/mol. The molecule has 0 saturated carbocycles. The van der Waals surface area contributed by atoms with Crippen molar-refractivity contribution in [2.24, 2.45) is 0 Å². The van der Waals surface area contributed by atoms with Gasteiger partial charge in [0.2, 0.25) is 0 Å². The monoisotopic (exact) mass is 195 g/mol. The Kier molecular flexibility index (Phi) is 2.43. The molecule has 0 amide bonds. The van der Waals surface area contributed by atoms with E-state index in [1.807, 2.05) is 19.2 Å². The number of pyridine rings is 1. The van der Waals surface area contributed by atoms with E-state index in [2.05, 4.69) is 42.8 Å². The maximum absolute atomic E-state index is 4.42. The van der Waals surface area contributed by atoms with Gasteiger partial charge in [-0.3, -0.25) is 4.98 Å². The number of aromatic nitrogens is 1. The third-order valence-electron chi connectivity index (χ3n) is 2.67. The molecule has 0 bridgehead atoms. The minimum Gasteiger partial charge on any atom is -0.256 e. The van der Waals surface area contributed by atoms with Crippen LogP contribution in [0.3, 0.4) is 0 Å². The number of rotatable bonds is 0. The van der Waals surface area contributed by atoms with Crippen molar-refractivity contribution in [1.29, 1.82) is 0 Å². The molecule has 1 nitrogen and oxygen atoms in total. The molecule has 0 aliphatic carbocycles. The summed E-state index contributed by atoms with van der Waals surface area (Å²) in [6, 6.07) is 6.17. The molecule has 1 aromatic carbocycles. The first-order valence-corrected chi connectivity index (χ1v) is 5.01. The highest BCUT2D eigenvalue weighted by Gasteiger charge is 2.05. The third-order valence-corrected chi connectivity index (χ3v) is 2.67. The number of hydrogen-bond donors (Lipinski definition) is 0. The Balaban J connectivity index is 2.92. The van der Waals surface area contributed by atoms with E-state index in [0.29, 0.717) is 0 Å². The van der Waals surface area contributed by atoms with E-state index in [-0.39, 0.29) is 0 Å². The summed E-state index contributed by atoms with van der Waals surface area (Å²) < 4.78 is 0. The first-order valence-electron chi connectivity index (χ1n) is 5.01. The molecule has 0 saturated heterocycles. The third kappa shape index (κ3) is 1.59. The van der Waals surface area contributed by atoms with Gasteiger partial charge in [-0.15, -0.1) is 5.92 Å². The van der Waals surface area contributed by atoms with Crippen LogP contribution in [0.25, 0.3) is 10.9 Å². The molecular formula is C14H13N. The van der Waals surface area contributed by atoms with Crippen LogP contribution in [-0.2, 0) is 0 Å². The summed E-state index contributed by atoms with van der Waals surface area (Å²) in [5, 5.41) is 1.15. The van der Waals surface area contributed by atoms with Crippen LogP contribution >= 0.6 is 0 Å². The van der Waals surface area contributed by atoms with Gasteiger partial charge >= 0.3 is 0 Å². The Hall–Kier alpha value is -1.81. The molecule has 0 N–H and O–H groups in total. The fraction of sp³-hybridized carbons (Fsp3) is 0.214. The highest BCUT2D eigenvalue weighted by molar-refractivity contribution is 5.88. The van der Waals surface area contributed by atoms with Crippen LogP contribution < -0.4 is 0 Å². The Morgan fingerprint density at radius 3 is 2.80 bits per heavy atom. The lowest BCUT2D eigenvalue weighted by Gasteiger charge is -2.06. The summed E-state index contributed by atoms with van der Waals surface area (Å²) in [4.78, 5) is 4.42. The first-order chi connectivity index (χ1) is 7.24. The number of aryl methyl sites for hydroxylation is 2.